The molecule has 3 aromatic rings. The minimum absolute atomic E-state index is 0.0249. The molecule has 0 aliphatic heterocycles. The van der Waals surface area contributed by atoms with Crippen molar-refractivity contribution in [2.24, 2.45) is 0 Å². The third-order valence-corrected chi connectivity index (χ3v) is 4.82. The van der Waals surface area contributed by atoms with Gasteiger partial charge in [0.15, 0.2) is 11.7 Å². The quantitative estimate of drug-likeness (QED) is 0.578. The lowest BCUT2D eigenvalue weighted by Crippen LogP contribution is -2.29. The first-order chi connectivity index (χ1) is 13.0. The standard InChI is InChI=1S/C21H20ClFN2O2/c1-14(15-7-9-16(22)10-8-15)25(2)21(26)12-11-20-24-13-19(27-20)17-5-3-4-6-18(17)23/h3-10,13-14H,11-12H2,1-2H3/t14-/m1/s1. The maximum Gasteiger partial charge on any atom is 0.223 e. The average molecular weight is 387 g/mol. The van der Waals surface area contributed by atoms with Crippen LogP contribution in [0.15, 0.2) is 59.1 Å². The average Bonchev–Trinajstić information content (AvgIpc) is 3.14. The molecule has 0 N–H and O–H groups in total. The zero-order chi connectivity index (χ0) is 19.4. The van der Waals surface area contributed by atoms with Gasteiger partial charge in [0.05, 0.1) is 17.8 Å². The van der Waals surface area contributed by atoms with Crippen molar-refractivity contribution in [1.29, 1.82) is 0 Å². The predicted octanol–water partition coefficient (Wildman–Crippen LogP) is 5.29. The Labute approximate surface area is 162 Å². The van der Waals surface area contributed by atoms with Crippen LogP contribution in [-0.4, -0.2) is 22.8 Å². The van der Waals surface area contributed by atoms with E-state index in [0.29, 0.717) is 28.7 Å². The molecule has 1 atom stereocenters. The third-order valence-electron chi connectivity index (χ3n) is 4.57. The van der Waals surface area contributed by atoms with Crippen LogP contribution in [0.25, 0.3) is 11.3 Å². The number of amides is 1. The van der Waals surface area contributed by atoms with Gasteiger partial charge in [0.2, 0.25) is 5.91 Å². The molecule has 0 bridgehead atoms. The molecule has 0 aliphatic rings. The lowest BCUT2D eigenvalue weighted by Gasteiger charge is -2.25. The Bertz CT molecular complexity index is 924. The topological polar surface area (TPSA) is 46.3 Å². The number of aromatic nitrogens is 1. The fourth-order valence-electron chi connectivity index (χ4n) is 2.78. The maximum atomic E-state index is 13.8. The van der Waals surface area contributed by atoms with Gasteiger partial charge in [0, 0.05) is 24.9 Å². The van der Waals surface area contributed by atoms with Crippen molar-refractivity contribution in [2.75, 3.05) is 7.05 Å². The Kier molecular flexibility index (Phi) is 5.91. The fraction of sp³-hybridized carbons (Fsp3) is 0.238. The first-order valence-electron chi connectivity index (χ1n) is 8.66. The van der Waals surface area contributed by atoms with E-state index in [-0.39, 0.29) is 24.2 Å². The van der Waals surface area contributed by atoms with Gasteiger partial charge in [-0.2, -0.15) is 0 Å². The summed E-state index contributed by atoms with van der Waals surface area (Å²) in [6.45, 7) is 1.96. The molecule has 1 amide bonds. The smallest absolute Gasteiger partial charge is 0.223 e. The normalized spacial score (nSPS) is 12.0. The Balaban J connectivity index is 1.60. The predicted molar refractivity (Wildman–Crippen MR) is 103 cm³/mol. The number of hydrogen-bond acceptors (Lipinski definition) is 3. The van der Waals surface area contributed by atoms with Crippen LogP contribution in [0.4, 0.5) is 4.39 Å². The molecule has 3 rings (SSSR count). The van der Waals surface area contributed by atoms with Gasteiger partial charge >= 0.3 is 0 Å². The number of nitrogens with zero attached hydrogens (tertiary/aromatic N) is 2. The summed E-state index contributed by atoms with van der Waals surface area (Å²) in [5, 5.41) is 0.662. The first kappa shape index (κ1) is 19.1. The van der Waals surface area contributed by atoms with E-state index in [9.17, 15) is 9.18 Å². The largest absolute Gasteiger partial charge is 0.441 e. The minimum Gasteiger partial charge on any atom is -0.441 e. The Morgan fingerprint density at radius 3 is 2.63 bits per heavy atom. The summed E-state index contributed by atoms with van der Waals surface area (Å²) in [7, 11) is 1.77. The number of aryl methyl sites for hydroxylation is 1. The van der Waals surface area contributed by atoms with Crippen LogP contribution < -0.4 is 0 Å². The number of carbonyl (C=O) groups excluding carboxylic acids is 1. The molecule has 0 saturated carbocycles. The van der Waals surface area contributed by atoms with Gasteiger partial charge in [0.1, 0.15) is 5.82 Å². The lowest BCUT2D eigenvalue weighted by atomic mass is 10.1. The highest BCUT2D eigenvalue weighted by molar-refractivity contribution is 6.30. The molecule has 0 unspecified atom stereocenters. The molecule has 0 radical (unpaired) electrons. The highest BCUT2D eigenvalue weighted by atomic mass is 35.5. The molecule has 1 heterocycles. The second-order valence-electron chi connectivity index (χ2n) is 6.33. The van der Waals surface area contributed by atoms with Gasteiger partial charge in [-0.3, -0.25) is 4.79 Å². The fourth-order valence-corrected chi connectivity index (χ4v) is 2.91. The van der Waals surface area contributed by atoms with Gasteiger partial charge in [0.25, 0.3) is 0 Å². The van der Waals surface area contributed by atoms with Crippen molar-refractivity contribution in [2.45, 2.75) is 25.8 Å². The van der Waals surface area contributed by atoms with Crippen LogP contribution in [0.5, 0.6) is 0 Å². The summed E-state index contributed by atoms with van der Waals surface area (Å²) < 4.78 is 19.4. The van der Waals surface area contributed by atoms with Gasteiger partial charge in [-0.05, 0) is 36.8 Å². The molecule has 0 spiro atoms. The van der Waals surface area contributed by atoms with Crippen molar-refractivity contribution in [1.82, 2.24) is 9.88 Å². The van der Waals surface area contributed by atoms with Crippen LogP contribution in [0, 0.1) is 5.82 Å². The lowest BCUT2D eigenvalue weighted by molar-refractivity contribution is -0.131. The van der Waals surface area contributed by atoms with E-state index < -0.39 is 0 Å². The summed E-state index contributed by atoms with van der Waals surface area (Å²) in [5.41, 5.74) is 1.37. The number of halogens is 2. The first-order valence-corrected chi connectivity index (χ1v) is 9.04. The second kappa shape index (κ2) is 8.35. The van der Waals surface area contributed by atoms with Crippen molar-refractivity contribution in [3.05, 3.63) is 77.0 Å². The van der Waals surface area contributed by atoms with E-state index in [1.807, 2.05) is 31.2 Å². The van der Waals surface area contributed by atoms with Crippen LogP contribution in [0.1, 0.15) is 30.8 Å². The van der Waals surface area contributed by atoms with Crippen molar-refractivity contribution >= 4 is 17.5 Å². The number of rotatable bonds is 6. The summed E-state index contributed by atoms with van der Waals surface area (Å²) in [6.07, 6.45) is 2.09. The van der Waals surface area contributed by atoms with Crippen LogP contribution >= 0.6 is 11.6 Å². The molecular formula is C21H20ClFN2O2. The zero-order valence-electron chi connectivity index (χ0n) is 15.2. The van der Waals surface area contributed by atoms with E-state index in [1.165, 1.54) is 12.3 Å². The van der Waals surface area contributed by atoms with Crippen LogP contribution in [-0.2, 0) is 11.2 Å². The molecule has 27 heavy (non-hydrogen) atoms. The van der Waals surface area contributed by atoms with Gasteiger partial charge in [-0.1, -0.05) is 35.9 Å². The summed E-state index contributed by atoms with van der Waals surface area (Å²) in [4.78, 5) is 18.3. The van der Waals surface area contributed by atoms with Gasteiger partial charge < -0.3 is 9.32 Å². The number of carbonyl (C=O) groups is 1. The number of hydrogen-bond donors (Lipinski definition) is 0. The molecule has 6 heteroatoms. The van der Waals surface area contributed by atoms with Crippen molar-refractivity contribution < 1.29 is 13.6 Å². The van der Waals surface area contributed by atoms with Crippen molar-refractivity contribution in [3.63, 3.8) is 0 Å². The molecule has 0 aliphatic carbocycles. The maximum absolute atomic E-state index is 13.8. The number of benzene rings is 2. The van der Waals surface area contributed by atoms with Gasteiger partial charge in [-0.25, -0.2) is 9.37 Å². The van der Waals surface area contributed by atoms with Crippen LogP contribution in [0.2, 0.25) is 5.02 Å². The van der Waals surface area contributed by atoms with E-state index in [2.05, 4.69) is 4.98 Å². The monoisotopic (exact) mass is 386 g/mol. The van der Waals surface area contributed by atoms with E-state index in [0.717, 1.165) is 5.56 Å². The summed E-state index contributed by atoms with van der Waals surface area (Å²) in [5.74, 6) is 0.378. The highest BCUT2D eigenvalue weighted by Crippen LogP contribution is 2.24. The minimum atomic E-state index is -0.368. The van der Waals surface area contributed by atoms with Crippen LogP contribution in [0.3, 0.4) is 0 Å². The Morgan fingerprint density at radius 1 is 1.22 bits per heavy atom. The third kappa shape index (κ3) is 4.55. The van der Waals surface area contributed by atoms with E-state index in [4.69, 9.17) is 16.0 Å². The summed E-state index contributed by atoms with van der Waals surface area (Å²) >= 11 is 5.91. The van der Waals surface area contributed by atoms with E-state index in [1.54, 1.807) is 30.1 Å². The molecule has 140 valence electrons. The Morgan fingerprint density at radius 2 is 1.93 bits per heavy atom. The summed E-state index contributed by atoms with van der Waals surface area (Å²) in [6, 6.07) is 13.7. The molecular weight excluding hydrogens is 367 g/mol. The number of oxazole rings is 1. The molecule has 1 aromatic heterocycles. The van der Waals surface area contributed by atoms with E-state index >= 15 is 0 Å². The highest BCUT2D eigenvalue weighted by Gasteiger charge is 2.18. The molecule has 0 fully saturated rings. The molecule has 2 aromatic carbocycles. The van der Waals surface area contributed by atoms with Crippen molar-refractivity contribution in [3.8, 4) is 11.3 Å². The van der Waals surface area contributed by atoms with Gasteiger partial charge in [-0.15, -0.1) is 0 Å². The SMILES string of the molecule is C[C@H](c1ccc(Cl)cc1)N(C)C(=O)CCc1ncc(-c2ccccc2F)o1. The zero-order valence-corrected chi connectivity index (χ0v) is 15.9. The Hall–Kier alpha value is -2.66. The second-order valence-corrected chi connectivity index (χ2v) is 6.77. The molecule has 4 nitrogen and oxygen atoms in total. The molecule has 0 saturated heterocycles.